The SMILES string of the molecule is CC1CN(CCOc2cccc(C(=O)O)c2)CCCO1. The van der Waals surface area contributed by atoms with Crippen LogP contribution in [-0.2, 0) is 4.74 Å². The number of ether oxygens (including phenoxy) is 2. The molecule has 1 aliphatic heterocycles. The topological polar surface area (TPSA) is 59.0 Å². The summed E-state index contributed by atoms with van der Waals surface area (Å²) in [4.78, 5) is 13.2. The monoisotopic (exact) mass is 279 g/mol. The predicted molar refractivity (Wildman–Crippen MR) is 75.4 cm³/mol. The number of rotatable bonds is 5. The quantitative estimate of drug-likeness (QED) is 0.891. The zero-order valence-corrected chi connectivity index (χ0v) is 11.7. The van der Waals surface area contributed by atoms with Gasteiger partial charge in [0.05, 0.1) is 11.7 Å². The van der Waals surface area contributed by atoms with Crippen LogP contribution in [0.25, 0.3) is 0 Å². The average Bonchev–Trinajstić information content (AvgIpc) is 2.63. The number of hydrogen-bond acceptors (Lipinski definition) is 4. The lowest BCUT2D eigenvalue weighted by molar-refractivity contribution is 0.0656. The van der Waals surface area contributed by atoms with Crippen LogP contribution in [0.2, 0.25) is 0 Å². The number of carbonyl (C=O) groups is 1. The second kappa shape index (κ2) is 7.26. The Morgan fingerprint density at radius 1 is 1.55 bits per heavy atom. The summed E-state index contributed by atoms with van der Waals surface area (Å²) in [6.45, 7) is 6.21. The van der Waals surface area contributed by atoms with Crippen molar-refractivity contribution in [3.63, 3.8) is 0 Å². The molecule has 0 aliphatic carbocycles. The molecule has 1 N–H and O–H groups in total. The van der Waals surface area contributed by atoms with Crippen LogP contribution in [-0.4, -0.2) is 54.9 Å². The Balaban J connectivity index is 1.80. The van der Waals surface area contributed by atoms with E-state index in [-0.39, 0.29) is 11.7 Å². The van der Waals surface area contributed by atoms with E-state index < -0.39 is 5.97 Å². The summed E-state index contributed by atoms with van der Waals surface area (Å²) >= 11 is 0. The molecule has 0 saturated carbocycles. The second-order valence-corrected chi connectivity index (χ2v) is 5.02. The van der Waals surface area contributed by atoms with Gasteiger partial charge in [0.2, 0.25) is 0 Å². The van der Waals surface area contributed by atoms with Crippen molar-refractivity contribution in [2.24, 2.45) is 0 Å². The van der Waals surface area contributed by atoms with E-state index in [1.165, 1.54) is 0 Å². The van der Waals surface area contributed by atoms with E-state index in [0.717, 1.165) is 32.7 Å². The van der Waals surface area contributed by atoms with Gasteiger partial charge in [0, 0.05) is 26.2 Å². The molecule has 20 heavy (non-hydrogen) atoms. The summed E-state index contributed by atoms with van der Waals surface area (Å²) < 4.78 is 11.2. The summed E-state index contributed by atoms with van der Waals surface area (Å²) in [5.74, 6) is -0.335. The normalized spacial score (nSPS) is 20.4. The molecule has 0 spiro atoms. The molecule has 1 aromatic carbocycles. The average molecular weight is 279 g/mol. The maximum atomic E-state index is 10.9. The predicted octanol–water partition coefficient (Wildman–Crippen LogP) is 1.87. The molecule has 1 atom stereocenters. The molecule has 1 unspecified atom stereocenters. The molecule has 0 aromatic heterocycles. The highest BCUT2D eigenvalue weighted by Crippen LogP contribution is 2.13. The zero-order chi connectivity index (χ0) is 14.4. The largest absolute Gasteiger partial charge is 0.492 e. The Morgan fingerprint density at radius 3 is 3.20 bits per heavy atom. The number of aromatic carboxylic acids is 1. The standard InChI is InChI=1S/C15H21NO4/c1-12-11-16(6-3-8-19-12)7-9-20-14-5-2-4-13(10-14)15(17)18/h2,4-5,10,12H,3,6-9,11H2,1H3,(H,17,18). The first-order valence-electron chi connectivity index (χ1n) is 6.95. The third kappa shape index (κ3) is 4.51. The highest BCUT2D eigenvalue weighted by molar-refractivity contribution is 5.87. The summed E-state index contributed by atoms with van der Waals surface area (Å²) in [6.07, 6.45) is 1.30. The third-order valence-electron chi connectivity index (χ3n) is 3.29. The van der Waals surface area contributed by atoms with Crippen molar-refractivity contribution in [3.8, 4) is 5.75 Å². The van der Waals surface area contributed by atoms with E-state index in [2.05, 4.69) is 11.8 Å². The van der Waals surface area contributed by atoms with Crippen LogP contribution >= 0.6 is 0 Å². The molecule has 2 rings (SSSR count). The molecular weight excluding hydrogens is 258 g/mol. The first kappa shape index (κ1) is 14.8. The van der Waals surface area contributed by atoms with Crippen molar-refractivity contribution >= 4 is 5.97 Å². The first-order valence-corrected chi connectivity index (χ1v) is 6.95. The van der Waals surface area contributed by atoms with Gasteiger partial charge in [-0.3, -0.25) is 4.90 Å². The lowest BCUT2D eigenvalue weighted by Crippen LogP contribution is -2.33. The molecule has 1 heterocycles. The molecule has 1 fully saturated rings. The minimum atomic E-state index is -0.936. The molecule has 5 nitrogen and oxygen atoms in total. The van der Waals surface area contributed by atoms with Crippen LogP contribution in [0.3, 0.4) is 0 Å². The van der Waals surface area contributed by atoms with Crippen LogP contribution in [0.5, 0.6) is 5.75 Å². The fourth-order valence-corrected chi connectivity index (χ4v) is 2.29. The molecule has 5 heteroatoms. The molecule has 0 radical (unpaired) electrons. The van der Waals surface area contributed by atoms with Gasteiger partial charge < -0.3 is 14.6 Å². The summed E-state index contributed by atoms with van der Waals surface area (Å²) in [6, 6.07) is 6.58. The van der Waals surface area contributed by atoms with Gasteiger partial charge in [-0.25, -0.2) is 4.79 Å². The number of carboxylic acids is 1. The zero-order valence-electron chi connectivity index (χ0n) is 11.7. The number of carboxylic acid groups (broad SMARTS) is 1. The van der Waals surface area contributed by atoms with Crippen LogP contribution in [0.15, 0.2) is 24.3 Å². The van der Waals surface area contributed by atoms with Crippen LogP contribution in [0.1, 0.15) is 23.7 Å². The summed E-state index contributed by atoms with van der Waals surface area (Å²) in [7, 11) is 0. The van der Waals surface area contributed by atoms with E-state index in [9.17, 15) is 4.79 Å². The van der Waals surface area contributed by atoms with E-state index in [1.807, 2.05) is 0 Å². The van der Waals surface area contributed by atoms with Crippen molar-refractivity contribution in [2.75, 3.05) is 32.8 Å². The molecule has 1 aliphatic rings. The number of hydrogen-bond donors (Lipinski definition) is 1. The number of benzene rings is 1. The van der Waals surface area contributed by atoms with Gasteiger partial charge in [-0.1, -0.05) is 6.07 Å². The molecule has 0 bridgehead atoms. The maximum absolute atomic E-state index is 10.9. The Labute approximate surface area is 119 Å². The maximum Gasteiger partial charge on any atom is 0.335 e. The van der Waals surface area contributed by atoms with Crippen LogP contribution in [0, 0.1) is 0 Å². The van der Waals surface area contributed by atoms with Gasteiger partial charge in [-0.15, -0.1) is 0 Å². The molecule has 110 valence electrons. The first-order chi connectivity index (χ1) is 9.65. The van der Waals surface area contributed by atoms with E-state index in [4.69, 9.17) is 14.6 Å². The van der Waals surface area contributed by atoms with Crippen molar-refractivity contribution in [1.82, 2.24) is 4.90 Å². The Morgan fingerprint density at radius 2 is 2.40 bits per heavy atom. The summed E-state index contributed by atoms with van der Waals surface area (Å²) in [5.41, 5.74) is 0.249. The minimum absolute atomic E-state index is 0.249. The molecule has 0 amide bonds. The second-order valence-electron chi connectivity index (χ2n) is 5.02. The fraction of sp³-hybridized carbons (Fsp3) is 0.533. The van der Waals surface area contributed by atoms with Gasteiger partial charge in [0.15, 0.2) is 0 Å². The Kier molecular flexibility index (Phi) is 5.38. The third-order valence-corrected chi connectivity index (χ3v) is 3.29. The van der Waals surface area contributed by atoms with Gasteiger partial charge >= 0.3 is 5.97 Å². The molecular formula is C15H21NO4. The molecule has 1 saturated heterocycles. The minimum Gasteiger partial charge on any atom is -0.492 e. The molecule has 1 aromatic rings. The van der Waals surface area contributed by atoms with E-state index in [0.29, 0.717) is 12.4 Å². The highest BCUT2D eigenvalue weighted by Gasteiger charge is 2.14. The Bertz CT molecular complexity index is 449. The number of nitrogens with zero attached hydrogens (tertiary/aromatic N) is 1. The van der Waals surface area contributed by atoms with Gasteiger partial charge in [-0.05, 0) is 31.5 Å². The highest BCUT2D eigenvalue weighted by atomic mass is 16.5. The van der Waals surface area contributed by atoms with Crippen LogP contribution < -0.4 is 4.74 Å². The van der Waals surface area contributed by atoms with Crippen molar-refractivity contribution in [3.05, 3.63) is 29.8 Å². The Hall–Kier alpha value is -1.59. The lowest BCUT2D eigenvalue weighted by Gasteiger charge is -2.21. The van der Waals surface area contributed by atoms with Crippen molar-refractivity contribution in [1.29, 1.82) is 0 Å². The smallest absolute Gasteiger partial charge is 0.335 e. The van der Waals surface area contributed by atoms with E-state index in [1.54, 1.807) is 24.3 Å². The van der Waals surface area contributed by atoms with Crippen LogP contribution in [0.4, 0.5) is 0 Å². The van der Waals surface area contributed by atoms with Gasteiger partial charge in [-0.2, -0.15) is 0 Å². The summed E-state index contributed by atoms with van der Waals surface area (Å²) in [5, 5.41) is 8.92. The fourth-order valence-electron chi connectivity index (χ4n) is 2.29. The lowest BCUT2D eigenvalue weighted by atomic mass is 10.2. The van der Waals surface area contributed by atoms with Crippen molar-refractivity contribution < 1.29 is 19.4 Å². The van der Waals surface area contributed by atoms with E-state index >= 15 is 0 Å². The van der Waals surface area contributed by atoms with Crippen molar-refractivity contribution in [2.45, 2.75) is 19.4 Å². The van der Waals surface area contributed by atoms with Gasteiger partial charge in [0.1, 0.15) is 12.4 Å². The van der Waals surface area contributed by atoms with Gasteiger partial charge in [0.25, 0.3) is 0 Å².